The van der Waals surface area contributed by atoms with Gasteiger partial charge in [0.1, 0.15) is 5.75 Å². The Morgan fingerprint density at radius 2 is 2.28 bits per heavy atom. The Kier molecular flexibility index (Phi) is 4.20. The summed E-state index contributed by atoms with van der Waals surface area (Å²) in [5, 5.41) is 2.99. The van der Waals surface area contributed by atoms with Crippen molar-refractivity contribution in [3.05, 3.63) is 29.8 Å². The van der Waals surface area contributed by atoms with Crippen LogP contribution in [0.5, 0.6) is 5.75 Å². The first-order chi connectivity index (χ1) is 8.72. The first-order valence-corrected chi connectivity index (χ1v) is 6.32. The van der Waals surface area contributed by atoms with Crippen LogP contribution in [0.15, 0.2) is 24.3 Å². The van der Waals surface area contributed by atoms with E-state index >= 15 is 0 Å². The van der Waals surface area contributed by atoms with E-state index in [1.54, 1.807) is 7.11 Å². The van der Waals surface area contributed by atoms with Crippen LogP contribution >= 0.6 is 0 Å². The second-order valence-electron chi connectivity index (χ2n) is 4.67. The van der Waals surface area contributed by atoms with Crippen LogP contribution < -0.4 is 10.1 Å². The van der Waals surface area contributed by atoms with Crippen LogP contribution in [0.1, 0.15) is 18.4 Å². The van der Waals surface area contributed by atoms with Gasteiger partial charge in [0, 0.05) is 12.1 Å². The maximum atomic E-state index is 12.0. The average molecular weight is 248 g/mol. The number of benzene rings is 1. The van der Waals surface area contributed by atoms with Gasteiger partial charge >= 0.3 is 0 Å². The molecule has 1 aliphatic rings. The van der Waals surface area contributed by atoms with Crippen LogP contribution in [0.3, 0.4) is 0 Å². The third-order valence-electron chi connectivity index (χ3n) is 3.47. The van der Waals surface area contributed by atoms with Gasteiger partial charge in [-0.15, -0.1) is 0 Å². The number of nitrogens with zero attached hydrogens (tertiary/aromatic N) is 1. The third-order valence-corrected chi connectivity index (χ3v) is 3.47. The molecule has 0 spiro atoms. The molecule has 1 aliphatic heterocycles. The van der Waals surface area contributed by atoms with Gasteiger partial charge in [0.25, 0.3) is 0 Å². The van der Waals surface area contributed by atoms with Gasteiger partial charge in [-0.25, -0.2) is 0 Å². The summed E-state index contributed by atoms with van der Waals surface area (Å²) in [7, 11) is 3.64. The predicted octanol–water partition coefficient (Wildman–Crippen LogP) is 1.41. The van der Waals surface area contributed by atoms with E-state index in [0.717, 1.165) is 30.7 Å². The van der Waals surface area contributed by atoms with E-state index in [4.69, 9.17) is 4.74 Å². The molecule has 0 saturated carbocycles. The van der Waals surface area contributed by atoms with Crippen molar-refractivity contribution in [2.24, 2.45) is 0 Å². The zero-order valence-electron chi connectivity index (χ0n) is 11.0. The summed E-state index contributed by atoms with van der Waals surface area (Å²) in [6, 6.07) is 7.78. The Morgan fingerprint density at radius 1 is 1.50 bits per heavy atom. The van der Waals surface area contributed by atoms with Crippen LogP contribution in [0.25, 0.3) is 0 Å². The highest BCUT2D eigenvalue weighted by molar-refractivity contribution is 5.82. The molecule has 0 radical (unpaired) electrons. The van der Waals surface area contributed by atoms with Crippen LogP contribution in [0.4, 0.5) is 0 Å². The molecule has 1 aromatic carbocycles. The van der Waals surface area contributed by atoms with Gasteiger partial charge in [-0.3, -0.25) is 9.69 Å². The van der Waals surface area contributed by atoms with Crippen LogP contribution in [-0.2, 0) is 11.3 Å². The molecule has 1 heterocycles. The number of carbonyl (C=O) groups is 1. The molecular weight excluding hydrogens is 228 g/mol. The number of carbonyl (C=O) groups excluding carboxylic acids is 1. The molecule has 1 N–H and O–H groups in total. The lowest BCUT2D eigenvalue weighted by Gasteiger charge is -2.19. The topological polar surface area (TPSA) is 41.6 Å². The van der Waals surface area contributed by atoms with E-state index in [0.29, 0.717) is 6.54 Å². The van der Waals surface area contributed by atoms with Crippen molar-refractivity contribution in [2.45, 2.75) is 25.4 Å². The highest BCUT2D eigenvalue weighted by Gasteiger charge is 2.27. The molecule has 4 heteroatoms. The van der Waals surface area contributed by atoms with Gasteiger partial charge in [0.15, 0.2) is 0 Å². The van der Waals surface area contributed by atoms with E-state index in [2.05, 4.69) is 10.2 Å². The van der Waals surface area contributed by atoms with Gasteiger partial charge in [-0.05, 0) is 32.5 Å². The summed E-state index contributed by atoms with van der Waals surface area (Å²) < 4.78 is 5.26. The largest absolute Gasteiger partial charge is 0.496 e. The Bertz CT molecular complexity index is 420. The molecule has 1 amide bonds. The zero-order chi connectivity index (χ0) is 13.0. The summed E-state index contributed by atoms with van der Waals surface area (Å²) in [5.41, 5.74) is 1.01. The fourth-order valence-electron chi connectivity index (χ4n) is 2.39. The number of ether oxygens (including phenoxy) is 1. The van der Waals surface area contributed by atoms with E-state index < -0.39 is 0 Å². The van der Waals surface area contributed by atoms with Crippen molar-refractivity contribution in [3.8, 4) is 5.75 Å². The zero-order valence-corrected chi connectivity index (χ0v) is 11.0. The molecule has 0 unspecified atom stereocenters. The standard InChI is InChI=1S/C14H20N2O2/c1-16-9-5-7-12(16)14(17)15-10-11-6-3-4-8-13(11)18-2/h3-4,6,8,12H,5,7,9-10H2,1-2H3,(H,15,17)/t12-/m0/s1. The molecule has 0 aliphatic carbocycles. The summed E-state index contributed by atoms with van der Waals surface area (Å²) in [6.07, 6.45) is 2.05. The molecule has 2 rings (SSSR count). The molecule has 1 saturated heterocycles. The van der Waals surface area contributed by atoms with E-state index in [1.807, 2.05) is 31.3 Å². The predicted molar refractivity (Wildman–Crippen MR) is 70.5 cm³/mol. The monoisotopic (exact) mass is 248 g/mol. The summed E-state index contributed by atoms with van der Waals surface area (Å²) in [6.45, 7) is 1.53. The van der Waals surface area contributed by atoms with Crippen LogP contribution in [-0.4, -0.2) is 37.6 Å². The molecule has 18 heavy (non-hydrogen) atoms. The smallest absolute Gasteiger partial charge is 0.237 e. The van der Waals surface area contributed by atoms with Crippen molar-refractivity contribution in [1.29, 1.82) is 0 Å². The minimum atomic E-state index is 0.0275. The molecule has 98 valence electrons. The lowest BCUT2D eigenvalue weighted by atomic mass is 10.1. The number of rotatable bonds is 4. The van der Waals surface area contributed by atoms with Gasteiger partial charge in [0.2, 0.25) is 5.91 Å². The Hall–Kier alpha value is -1.55. The molecule has 1 atom stereocenters. The number of hydrogen-bond acceptors (Lipinski definition) is 3. The van der Waals surface area contributed by atoms with E-state index in [9.17, 15) is 4.79 Å². The quantitative estimate of drug-likeness (QED) is 0.876. The van der Waals surface area contributed by atoms with Gasteiger partial charge < -0.3 is 10.1 Å². The second kappa shape index (κ2) is 5.87. The SMILES string of the molecule is COc1ccccc1CNC(=O)[C@@H]1CCCN1C. The van der Waals surface area contributed by atoms with Crippen molar-refractivity contribution >= 4 is 5.91 Å². The first-order valence-electron chi connectivity index (χ1n) is 6.32. The number of hydrogen-bond donors (Lipinski definition) is 1. The molecule has 0 bridgehead atoms. The first kappa shape index (κ1) is 12.9. The highest BCUT2D eigenvalue weighted by Crippen LogP contribution is 2.18. The molecule has 4 nitrogen and oxygen atoms in total. The lowest BCUT2D eigenvalue weighted by molar-refractivity contribution is -0.125. The van der Waals surface area contributed by atoms with Gasteiger partial charge in [0.05, 0.1) is 13.2 Å². The average Bonchev–Trinajstić information content (AvgIpc) is 2.82. The Balaban J connectivity index is 1.93. The molecular formula is C14H20N2O2. The Morgan fingerprint density at radius 3 is 2.94 bits per heavy atom. The van der Waals surface area contributed by atoms with Crippen molar-refractivity contribution < 1.29 is 9.53 Å². The van der Waals surface area contributed by atoms with Gasteiger partial charge in [-0.2, -0.15) is 0 Å². The fourth-order valence-corrected chi connectivity index (χ4v) is 2.39. The molecule has 1 fully saturated rings. The van der Waals surface area contributed by atoms with Crippen LogP contribution in [0.2, 0.25) is 0 Å². The number of likely N-dealkylation sites (N-methyl/N-ethyl adjacent to an activating group) is 1. The number of nitrogens with one attached hydrogen (secondary N) is 1. The fraction of sp³-hybridized carbons (Fsp3) is 0.500. The number of likely N-dealkylation sites (tertiary alicyclic amines) is 1. The van der Waals surface area contributed by atoms with E-state index in [1.165, 1.54) is 0 Å². The van der Waals surface area contributed by atoms with E-state index in [-0.39, 0.29) is 11.9 Å². The second-order valence-corrected chi connectivity index (χ2v) is 4.67. The normalized spacial score (nSPS) is 19.8. The minimum Gasteiger partial charge on any atom is -0.496 e. The summed E-state index contributed by atoms with van der Waals surface area (Å²) in [4.78, 5) is 14.1. The number of amides is 1. The molecule has 1 aromatic rings. The summed E-state index contributed by atoms with van der Waals surface area (Å²) in [5.74, 6) is 0.929. The third kappa shape index (κ3) is 2.82. The van der Waals surface area contributed by atoms with Crippen molar-refractivity contribution in [3.63, 3.8) is 0 Å². The number of methoxy groups -OCH3 is 1. The molecule has 0 aromatic heterocycles. The maximum absolute atomic E-state index is 12.0. The van der Waals surface area contributed by atoms with Gasteiger partial charge in [-0.1, -0.05) is 18.2 Å². The lowest BCUT2D eigenvalue weighted by Crippen LogP contribution is -2.41. The van der Waals surface area contributed by atoms with Crippen LogP contribution in [0, 0.1) is 0 Å². The van der Waals surface area contributed by atoms with Crippen molar-refractivity contribution in [1.82, 2.24) is 10.2 Å². The minimum absolute atomic E-state index is 0.0275. The van der Waals surface area contributed by atoms with Crippen molar-refractivity contribution in [2.75, 3.05) is 20.7 Å². The Labute approximate surface area is 108 Å². The number of para-hydroxylation sites is 1. The summed E-state index contributed by atoms with van der Waals surface area (Å²) >= 11 is 0. The highest BCUT2D eigenvalue weighted by atomic mass is 16.5. The maximum Gasteiger partial charge on any atom is 0.237 e.